The summed E-state index contributed by atoms with van der Waals surface area (Å²) in [5, 5.41) is -0.0935. The highest BCUT2D eigenvalue weighted by Crippen LogP contribution is 2.50. The Balaban J connectivity index is 1.31. The second kappa shape index (κ2) is 8.29. The third kappa shape index (κ3) is 3.94. The van der Waals surface area contributed by atoms with Gasteiger partial charge in [-0.2, -0.15) is 4.39 Å². The number of hydrogen-bond acceptors (Lipinski definition) is 5. The van der Waals surface area contributed by atoms with Crippen LogP contribution in [0.5, 0.6) is 0 Å². The van der Waals surface area contributed by atoms with Crippen LogP contribution in [-0.4, -0.2) is 41.6 Å². The zero-order chi connectivity index (χ0) is 22.5. The largest absolute Gasteiger partial charge is 0.368 e. The second-order valence-corrected chi connectivity index (χ2v) is 10.8. The van der Waals surface area contributed by atoms with Crippen molar-refractivity contribution >= 4 is 35.1 Å². The number of nitrogens with one attached hydrogen (secondary N) is 1. The molecule has 0 radical (unpaired) electrons. The maximum absolute atomic E-state index is 15.0. The molecule has 32 heavy (non-hydrogen) atoms. The summed E-state index contributed by atoms with van der Waals surface area (Å²) in [4.78, 5) is 7.94. The topological polar surface area (TPSA) is 31.4 Å². The molecule has 1 aromatic carbocycles. The van der Waals surface area contributed by atoms with Crippen molar-refractivity contribution in [3.8, 4) is 0 Å². The highest BCUT2D eigenvalue weighted by Gasteiger charge is 2.49. The fraction of sp³-hybridized carbons (Fsp3) is 0.522. The van der Waals surface area contributed by atoms with Crippen LogP contribution in [0.25, 0.3) is 0 Å². The quantitative estimate of drug-likeness (QED) is 0.315. The van der Waals surface area contributed by atoms with Crippen LogP contribution in [0.15, 0.2) is 29.2 Å². The van der Waals surface area contributed by atoms with Crippen LogP contribution in [0.3, 0.4) is 0 Å². The number of hydrogen-bond donors (Lipinski definition) is 1. The van der Waals surface area contributed by atoms with Crippen molar-refractivity contribution in [2.45, 2.75) is 49.5 Å². The van der Waals surface area contributed by atoms with Gasteiger partial charge in [0.15, 0.2) is 5.82 Å². The molecule has 3 aliphatic rings. The maximum atomic E-state index is 15.0. The summed E-state index contributed by atoms with van der Waals surface area (Å²) in [5.41, 5.74) is 0.874. The lowest BCUT2D eigenvalue weighted by Crippen LogP contribution is -2.48. The van der Waals surface area contributed by atoms with E-state index >= 15 is 4.39 Å². The Labute approximate surface area is 195 Å². The van der Waals surface area contributed by atoms with E-state index in [1.807, 2.05) is 4.90 Å². The van der Waals surface area contributed by atoms with Crippen LogP contribution in [0.4, 0.5) is 24.7 Å². The summed E-state index contributed by atoms with van der Waals surface area (Å²) in [7, 11) is 0. The van der Waals surface area contributed by atoms with E-state index in [-0.39, 0.29) is 21.3 Å². The standard InChI is InChI=1S/C23H26ClF3N4S/c1-22(31-11-9-23(14-31)6-3-7-23)8-10-30(13-22)16-12-15(25)21(20(27)19(16)24)32-29-18-5-2-4-17(26)28-18/h2,4-5,12H,3,6-11,13-14H2,1H3,(H,28,29). The smallest absolute Gasteiger partial charge is 0.214 e. The molecule has 2 aliphatic heterocycles. The van der Waals surface area contributed by atoms with E-state index in [0.29, 0.717) is 36.1 Å². The number of rotatable bonds is 5. The minimum absolute atomic E-state index is 0.0204. The van der Waals surface area contributed by atoms with Crippen molar-refractivity contribution in [1.82, 2.24) is 9.88 Å². The Bertz CT molecular complexity index is 1030. The van der Waals surface area contributed by atoms with E-state index in [2.05, 4.69) is 21.5 Å². The lowest BCUT2D eigenvalue weighted by molar-refractivity contribution is 0.0938. The third-order valence-corrected chi connectivity index (χ3v) is 8.73. The molecule has 0 amide bonds. The average Bonchev–Trinajstić information content (AvgIpc) is 3.36. The van der Waals surface area contributed by atoms with Crippen molar-refractivity contribution < 1.29 is 13.2 Å². The van der Waals surface area contributed by atoms with Crippen molar-refractivity contribution in [2.75, 3.05) is 35.8 Å². The Morgan fingerprint density at radius 2 is 1.91 bits per heavy atom. The number of aromatic nitrogens is 1. The SMILES string of the molecule is CC1(N2CCC3(CCC3)C2)CCN(c2cc(F)c(SNc3cccc(F)n3)c(F)c2Cl)C1. The van der Waals surface area contributed by atoms with Crippen LogP contribution >= 0.6 is 23.5 Å². The fourth-order valence-corrected chi connectivity index (χ4v) is 6.34. The predicted molar refractivity (Wildman–Crippen MR) is 123 cm³/mol. The van der Waals surface area contributed by atoms with E-state index in [9.17, 15) is 8.78 Å². The molecule has 3 fully saturated rings. The molecule has 2 aromatic rings. The normalized spacial score (nSPS) is 24.8. The number of nitrogens with zero attached hydrogens (tertiary/aromatic N) is 3. The van der Waals surface area contributed by atoms with Crippen LogP contribution in [-0.2, 0) is 0 Å². The molecule has 2 saturated heterocycles. The van der Waals surface area contributed by atoms with Gasteiger partial charge in [0.1, 0.15) is 21.6 Å². The molecule has 5 rings (SSSR count). The highest BCUT2D eigenvalue weighted by atomic mass is 35.5. The lowest BCUT2D eigenvalue weighted by atomic mass is 9.68. The average molecular weight is 483 g/mol. The molecule has 1 spiro atoms. The summed E-state index contributed by atoms with van der Waals surface area (Å²) in [6, 6.07) is 5.48. The van der Waals surface area contributed by atoms with Crippen LogP contribution in [0.1, 0.15) is 39.0 Å². The fourth-order valence-electron chi connectivity index (χ4n) is 5.35. The first-order chi connectivity index (χ1) is 15.3. The Morgan fingerprint density at radius 1 is 1.09 bits per heavy atom. The van der Waals surface area contributed by atoms with Gasteiger partial charge in [-0.3, -0.25) is 4.90 Å². The first kappa shape index (κ1) is 22.2. The van der Waals surface area contributed by atoms with Gasteiger partial charge in [0.2, 0.25) is 5.95 Å². The summed E-state index contributed by atoms with van der Waals surface area (Å²) < 4.78 is 45.8. The number of pyridine rings is 1. The van der Waals surface area contributed by atoms with Crippen LogP contribution in [0, 0.1) is 23.0 Å². The summed E-state index contributed by atoms with van der Waals surface area (Å²) in [5.74, 6) is -2.04. The zero-order valence-corrected chi connectivity index (χ0v) is 19.5. The first-order valence-corrected chi connectivity index (χ1v) is 12.2. The molecule has 172 valence electrons. The molecule has 1 N–H and O–H groups in total. The van der Waals surface area contributed by atoms with Gasteiger partial charge in [0, 0.05) is 31.2 Å². The molecule has 1 aliphatic carbocycles. The minimum Gasteiger partial charge on any atom is -0.368 e. The van der Waals surface area contributed by atoms with Gasteiger partial charge in [0.25, 0.3) is 0 Å². The van der Waals surface area contributed by atoms with Crippen molar-refractivity contribution in [3.05, 3.63) is 46.9 Å². The monoisotopic (exact) mass is 482 g/mol. The van der Waals surface area contributed by atoms with Crippen molar-refractivity contribution in [2.24, 2.45) is 5.41 Å². The highest BCUT2D eigenvalue weighted by molar-refractivity contribution is 8.00. The van der Waals surface area contributed by atoms with Gasteiger partial charge in [0.05, 0.1) is 5.69 Å². The second-order valence-electron chi connectivity index (χ2n) is 9.58. The predicted octanol–water partition coefficient (Wildman–Crippen LogP) is 6.12. The molecule has 0 bridgehead atoms. The van der Waals surface area contributed by atoms with E-state index in [1.54, 1.807) is 0 Å². The first-order valence-electron chi connectivity index (χ1n) is 11.0. The van der Waals surface area contributed by atoms with Crippen LogP contribution < -0.4 is 9.62 Å². The summed E-state index contributed by atoms with van der Waals surface area (Å²) >= 11 is 7.06. The van der Waals surface area contributed by atoms with Crippen molar-refractivity contribution in [1.29, 1.82) is 0 Å². The molecule has 3 heterocycles. The minimum atomic E-state index is -0.821. The Kier molecular flexibility index (Phi) is 5.75. The van der Waals surface area contributed by atoms with Crippen molar-refractivity contribution in [3.63, 3.8) is 0 Å². The van der Waals surface area contributed by atoms with Gasteiger partial charge >= 0.3 is 0 Å². The molecular weight excluding hydrogens is 457 g/mol. The number of halogens is 4. The van der Waals surface area contributed by atoms with Gasteiger partial charge in [-0.1, -0.05) is 24.1 Å². The van der Waals surface area contributed by atoms with Crippen LogP contribution in [0.2, 0.25) is 5.02 Å². The number of likely N-dealkylation sites (tertiary alicyclic amines) is 1. The molecule has 9 heteroatoms. The number of benzene rings is 1. The van der Waals surface area contributed by atoms with E-state index in [4.69, 9.17) is 11.6 Å². The zero-order valence-electron chi connectivity index (χ0n) is 17.9. The van der Waals surface area contributed by atoms with E-state index in [1.165, 1.54) is 49.9 Å². The van der Waals surface area contributed by atoms with Gasteiger partial charge in [-0.15, -0.1) is 0 Å². The Hall–Kier alpha value is -1.64. The maximum Gasteiger partial charge on any atom is 0.214 e. The summed E-state index contributed by atoms with van der Waals surface area (Å²) in [6.45, 7) is 5.88. The Morgan fingerprint density at radius 3 is 2.59 bits per heavy atom. The number of anilines is 2. The van der Waals surface area contributed by atoms with Gasteiger partial charge < -0.3 is 9.62 Å². The van der Waals surface area contributed by atoms with Gasteiger partial charge in [-0.25, -0.2) is 13.8 Å². The molecule has 1 atom stereocenters. The molecular formula is C23H26ClF3N4S. The molecule has 1 saturated carbocycles. The third-order valence-electron chi connectivity index (χ3n) is 7.48. The summed E-state index contributed by atoms with van der Waals surface area (Å²) in [6.07, 6.45) is 6.17. The lowest BCUT2D eigenvalue weighted by Gasteiger charge is -2.41. The van der Waals surface area contributed by atoms with Gasteiger partial charge in [-0.05, 0) is 68.6 Å². The van der Waals surface area contributed by atoms with E-state index < -0.39 is 17.6 Å². The molecule has 1 aromatic heterocycles. The van der Waals surface area contributed by atoms with E-state index in [0.717, 1.165) is 19.5 Å². The molecule has 1 unspecified atom stereocenters. The molecule has 4 nitrogen and oxygen atoms in total.